The number of pyridine rings is 2. The van der Waals surface area contributed by atoms with Crippen LogP contribution in [0.2, 0.25) is 0 Å². The third-order valence-electron chi connectivity index (χ3n) is 6.73. The van der Waals surface area contributed by atoms with Crippen LogP contribution in [0.5, 0.6) is 0 Å². The molecule has 11 heteroatoms. The molecule has 1 aliphatic heterocycles. The standard InChI is InChI=1S/C27H30N8O2S/c1-19-17-34(14-12-29-19)24-8-6-23(7-9-24)31-25-22(16-28)15-20-10-13-35(27(20)32-25)18-21-5-4-11-30-26(21)33(2)38(3,36)37/h4-11,13,15,19,29H,12,14,17-18H2,1-3H3,(H,31,32). The van der Waals surface area contributed by atoms with Crippen molar-refractivity contribution < 1.29 is 8.42 Å². The molecule has 4 aromatic rings. The van der Waals surface area contributed by atoms with E-state index in [1.807, 2.05) is 41.1 Å². The molecule has 4 heterocycles. The van der Waals surface area contributed by atoms with Crippen LogP contribution in [0.4, 0.5) is 23.0 Å². The molecule has 0 aliphatic carbocycles. The average Bonchev–Trinajstić information content (AvgIpc) is 3.29. The van der Waals surface area contributed by atoms with Crippen molar-refractivity contribution in [3.8, 4) is 6.07 Å². The Morgan fingerprint density at radius 1 is 1.24 bits per heavy atom. The molecule has 2 N–H and O–H groups in total. The molecule has 10 nitrogen and oxygen atoms in total. The summed E-state index contributed by atoms with van der Waals surface area (Å²) >= 11 is 0. The van der Waals surface area contributed by atoms with Crippen LogP contribution >= 0.6 is 0 Å². The second kappa shape index (κ2) is 10.3. The van der Waals surface area contributed by atoms with Gasteiger partial charge in [-0.25, -0.2) is 18.4 Å². The van der Waals surface area contributed by atoms with Crippen molar-refractivity contribution in [1.29, 1.82) is 5.26 Å². The highest BCUT2D eigenvalue weighted by Crippen LogP contribution is 2.27. The van der Waals surface area contributed by atoms with E-state index in [-0.39, 0.29) is 0 Å². The van der Waals surface area contributed by atoms with Crippen LogP contribution in [0.25, 0.3) is 11.0 Å². The van der Waals surface area contributed by atoms with Crippen LogP contribution < -0.4 is 19.8 Å². The number of piperazine rings is 1. The zero-order valence-electron chi connectivity index (χ0n) is 21.6. The van der Waals surface area contributed by atoms with Crippen molar-refractivity contribution in [2.75, 3.05) is 47.5 Å². The SMILES string of the molecule is CC1CN(c2ccc(Nc3nc4c(ccn4Cc4cccnc4N(C)S(C)(=O)=O)cc3C#N)cc2)CCN1. The van der Waals surface area contributed by atoms with Crippen molar-refractivity contribution in [2.45, 2.75) is 19.5 Å². The van der Waals surface area contributed by atoms with E-state index in [0.717, 1.165) is 48.2 Å². The Balaban J connectivity index is 1.43. The number of nitriles is 1. The highest BCUT2D eigenvalue weighted by Gasteiger charge is 2.19. The zero-order valence-corrected chi connectivity index (χ0v) is 22.4. The van der Waals surface area contributed by atoms with Crippen LogP contribution in [0.3, 0.4) is 0 Å². The van der Waals surface area contributed by atoms with Gasteiger partial charge in [-0.05, 0) is 49.4 Å². The number of fused-ring (bicyclic) bond motifs is 1. The molecule has 0 bridgehead atoms. The van der Waals surface area contributed by atoms with Gasteiger partial charge in [-0.1, -0.05) is 6.07 Å². The number of sulfonamides is 1. The molecular weight excluding hydrogens is 500 g/mol. The summed E-state index contributed by atoms with van der Waals surface area (Å²) in [6.07, 6.45) is 4.60. The molecule has 0 radical (unpaired) electrons. The molecule has 1 fully saturated rings. The normalized spacial score (nSPS) is 15.8. The lowest BCUT2D eigenvalue weighted by molar-refractivity contribution is 0.485. The lowest BCUT2D eigenvalue weighted by atomic mass is 10.2. The van der Waals surface area contributed by atoms with Crippen molar-refractivity contribution in [3.05, 3.63) is 72.1 Å². The number of rotatable bonds is 7. The van der Waals surface area contributed by atoms with Gasteiger partial charge in [-0.3, -0.25) is 4.31 Å². The lowest BCUT2D eigenvalue weighted by Gasteiger charge is -2.33. The topological polar surface area (TPSA) is 119 Å². The molecule has 0 spiro atoms. The maximum atomic E-state index is 12.1. The third-order valence-corrected chi connectivity index (χ3v) is 7.89. The van der Waals surface area contributed by atoms with E-state index in [1.165, 1.54) is 11.4 Å². The largest absolute Gasteiger partial charge is 0.369 e. The minimum atomic E-state index is -3.47. The molecule has 0 amide bonds. The Morgan fingerprint density at radius 2 is 2.03 bits per heavy atom. The maximum Gasteiger partial charge on any atom is 0.233 e. The zero-order chi connectivity index (χ0) is 26.9. The summed E-state index contributed by atoms with van der Waals surface area (Å²) in [4.78, 5) is 11.5. The Labute approximate surface area is 222 Å². The third kappa shape index (κ3) is 5.27. The summed E-state index contributed by atoms with van der Waals surface area (Å²) in [5, 5.41) is 17.4. The first-order chi connectivity index (χ1) is 18.2. The molecule has 3 aromatic heterocycles. The van der Waals surface area contributed by atoms with Crippen LogP contribution in [-0.4, -0.2) is 61.9 Å². The number of hydrogen-bond donors (Lipinski definition) is 2. The van der Waals surface area contributed by atoms with Crippen LogP contribution in [-0.2, 0) is 16.6 Å². The molecule has 1 aromatic carbocycles. The maximum absolute atomic E-state index is 12.1. The predicted octanol–water partition coefficient (Wildman–Crippen LogP) is 3.29. The van der Waals surface area contributed by atoms with E-state index < -0.39 is 10.0 Å². The number of anilines is 4. The second-order valence-electron chi connectivity index (χ2n) is 9.54. The minimum absolute atomic E-state index is 0.364. The Hall–Kier alpha value is -4.14. The van der Waals surface area contributed by atoms with E-state index >= 15 is 0 Å². The number of aromatic nitrogens is 3. The Bertz CT molecular complexity index is 1610. The fraction of sp³-hybridized carbons (Fsp3) is 0.296. The monoisotopic (exact) mass is 530 g/mol. The molecule has 1 unspecified atom stereocenters. The van der Waals surface area contributed by atoms with Gasteiger partial charge in [0.05, 0.1) is 18.4 Å². The summed E-state index contributed by atoms with van der Waals surface area (Å²) < 4.78 is 27.4. The van der Waals surface area contributed by atoms with Crippen molar-refractivity contribution in [3.63, 3.8) is 0 Å². The van der Waals surface area contributed by atoms with Gasteiger partial charge in [0.1, 0.15) is 17.5 Å². The molecule has 5 rings (SSSR count). The van der Waals surface area contributed by atoms with Crippen molar-refractivity contribution in [1.82, 2.24) is 19.9 Å². The van der Waals surface area contributed by atoms with Gasteiger partial charge in [0.15, 0.2) is 5.82 Å². The molecule has 1 aliphatic rings. The molecule has 0 saturated carbocycles. The fourth-order valence-corrected chi connectivity index (χ4v) is 5.14. The van der Waals surface area contributed by atoms with Crippen molar-refractivity contribution in [2.24, 2.45) is 0 Å². The first-order valence-electron chi connectivity index (χ1n) is 12.4. The summed E-state index contributed by atoms with van der Waals surface area (Å²) in [5.41, 5.74) is 3.84. The quantitative estimate of drug-likeness (QED) is 0.374. The van der Waals surface area contributed by atoms with E-state index in [2.05, 4.69) is 45.6 Å². The Kier molecular flexibility index (Phi) is 6.93. The lowest BCUT2D eigenvalue weighted by Crippen LogP contribution is -2.49. The number of benzene rings is 1. The molecular formula is C27H30N8O2S. The Morgan fingerprint density at radius 3 is 2.74 bits per heavy atom. The first kappa shape index (κ1) is 25.5. The van der Waals surface area contributed by atoms with Gasteiger partial charge in [0.25, 0.3) is 0 Å². The number of hydrogen-bond acceptors (Lipinski definition) is 8. The van der Waals surface area contributed by atoms with Gasteiger partial charge in [0, 0.05) is 67.4 Å². The number of nitrogens with zero attached hydrogens (tertiary/aromatic N) is 6. The first-order valence-corrected chi connectivity index (χ1v) is 14.2. The second-order valence-corrected chi connectivity index (χ2v) is 11.6. The van der Waals surface area contributed by atoms with E-state index in [4.69, 9.17) is 4.98 Å². The van der Waals surface area contributed by atoms with E-state index in [9.17, 15) is 13.7 Å². The van der Waals surface area contributed by atoms with E-state index in [1.54, 1.807) is 12.3 Å². The van der Waals surface area contributed by atoms with Gasteiger partial charge in [-0.15, -0.1) is 0 Å². The highest BCUT2D eigenvalue weighted by molar-refractivity contribution is 7.92. The van der Waals surface area contributed by atoms with Crippen molar-refractivity contribution >= 4 is 44.1 Å². The highest BCUT2D eigenvalue weighted by atomic mass is 32.2. The summed E-state index contributed by atoms with van der Waals surface area (Å²) in [6.45, 7) is 5.43. The predicted molar refractivity (Wildman–Crippen MR) is 150 cm³/mol. The van der Waals surface area contributed by atoms with Gasteiger partial charge < -0.3 is 20.1 Å². The molecule has 38 heavy (non-hydrogen) atoms. The van der Waals surface area contributed by atoms with Gasteiger partial charge in [-0.2, -0.15) is 5.26 Å². The van der Waals surface area contributed by atoms with Gasteiger partial charge in [0.2, 0.25) is 10.0 Å². The summed E-state index contributed by atoms with van der Waals surface area (Å²) in [7, 11) is -1.98. The number of nitrogens with one attached hydrogen (secondary N) is 2. The smallest absolute Gasteiger partial charge is 0.233 e. The summed E-state index contributed by atoms with van der Waals surface area (Å²) in [6, 6.07) is 18.2. The van der Waals surface area contributed by atoms with Crippen LogP contribution in [0.1, 0.15) is 18.1 Å². The van der Waals surface area contributed by atoms with E-state index in [0.29, 0.717) is 35.4 Å². The van der Waals surface area contributed by atoms with Crippen LogP contribution in [0.15, 0.2) is 60.9 Å². The van der Waals surface area contributed by atoms with Gasteiger partial charge >= 0.3 is 0 Å². The fourth-order valence-electron chi connectivity index (χ4n) is 4.66. The van der Waals surface area contributed by atoms with Crippen LogP contribution in [0, 0.1) is 11.3 Å². The summed E-state index contributed by atoms with van der Waals surface area (Å²) in [5.74, 6) is 0.825. The minimum Gasteiger partial charge on any atom is -0.369 e. The molecule has 1 atom stereocenters. The molecule has 1 saturated heterocycles. The molecule has 196 valence electrons. The average molecular weight is 531 g/mol.